The highest BCUT2D eigenvalue weighted by Crippen LogP contribution is 2.08. The van der Waals surface area contributed by atoms with E-state index in [1.54, 1.807) is 13.8 Å². The second kappa shape index (κ2) is 6.35. The molecular weight excluding hydrogens is 258 g/mol. The van der Waals surface area contributed by atoms with Gasteiger partial charge in [-0.25, -0.2) is 9.52 Å². The summed E-state index contributed by atoms with van der Waals surface area (Å²) in [4.78, 5) is 11.2. The lowest BCUT2D eigenvalue weighted by atomic mass is 10.0. The first-order chi connectivity index (χ1) is 8.28. The molecule has 1 amide bonds. The molecule has 1 rings (SSSR count). The van der Waals surface area contributed by atoms with E-state index in [-0.39, 0.29) is 18.2 Å². The van der Waals surface area contributed by atoms with E-state index in [0.717, 1.165) is 6.54 Å². The number of hydrogen-bond acceptors (Lipinski definition) is 5. The molecule has 7 nitrogen and oxygen atoms in total. The Labute approximate surface area is 108 Å². The number of hydrogen-bond donors (Lipinski definition) is 3. The second-order valence-corrected chi connectivity index (χ2v) is 6.20. The van der Waals surface area contributed by atoms with Gasteiger partial charge in [0.1, 0.15) is 0 Å². The van der Waals surface area contributed by atoms with Gasteiger partial charge in [-0.1, -0.05) is 0 Å². The van der Waals surface area contributed by atoms with Crippen LogP contribution in [0.25, 0.3) is 0 Å². The van der Waals surface area contributed by atoms with Crippen LogP contribution in [0.2, 0.25) is 0 Å². The van der Waals surface area contributed by atoms with Crippen LogP contribution in [0.1, 0.15) is 33.6 Å². The molecule has 1 aliphatic rings. The molecule has 0 spiro atoms. The van der Waals surface area contributed by atoms with Crippen LogP contribution in [0.3, 0.4) is 0 Å². The zero-order chi connectivity index (χ0) is 13.8. The summed E-state index contributed by atoms with van der Waals surface area (Å²) in [6.07, 6.45) is 0.0727. The Kier molecular flexibility index (Phi) is 5.36. The third-order valence-corrected chi connectivity index (χ3v) is 3.58. The van der Waals surface area contributed by atoms with Crippen LogP contribution in [-0.4, -0.2) is 39.2 Å². The van der Waals surface area contributed by atoms with Crippen molar-refractivity contribution < 1.29 is 17.9 Å². The Hall–Kier alpha value is -0.860. The summed E-state index contributed by atoms with van der Waals surface area (Å²) < 4.78 is 32.3. The average molecular weight is 279 g/mol. The minimum atomic E-state index is -3.85. The fraction of sp³-hybridized carbons (Fsp3) is 0.900. The topological polar surface area (TPSA) is 96.5 Å². The number of ether oxygens (including phenoxy) is 1. The van der Waals surface area contributed by atoms with Crippen molar-refractivity contribution in [2.75, 3.05) is 6.54 Å². The second-order valence-electron chi connectivity index (χ2n) is 4.75. The summed E-state index contributed by atoms with van der Waals surface area (Å²) in [7, 11) is -3.85. The van der Waals surface area contributed by atoms with Crippen LogP contribution in [0.15, 0.2) is 0 Å². The highest BCUT2D eigenvalue weighted by Gasteiger charge is 2.24. The van der Waals surface area contributed by atoms with Crippen LogP contribution in [0, 0.1) is 0 Å². The molecule has 1 fully saturated rings. The van der Waals surface area contributed by atoms with Crippen LogP contribution in [-0.2, 0) is 14.9 Å². The maximum Gasteiger partial charge on any atom is 0.422 e. The minimum Gasteiger partial charge on any atom is -0.446 e. The first kappa shape index (κ1) is 15.2. The molecule has 1 aliphatic heterocycles. The maximum atomic E-state index is 11.7. The van der Waals surface area contributed by atoms with E-state index >= 15 is 0 Å². The number of carbonyl (C=O) groups is 1. The van der Waals surface area contributed by atoms with E-state index in [0.29, 0.717) is 12.8 Å². The molecular formula is C10H21N3O4S. The van der Waals surface area contributed by atoms with Crippen molar-refractivity contribution in [2.24, 2.45) is 0 Å². The molecule has 0 radical (unpaired) electrons. The van der Waals surface area contributed by atoms with Gasteiger partial charge in [-0.3, -0.25) is 0 Å². The predicted octanol–water partition coefficient (Wildman–Crippen LogP) is 0.0959. The Balaban J connectivity index is 2.46. The van der Waals surface area contributed by atoms with Crippen LogP contribution >= 0.6 is 0 Å². The van der Waals surface area contributed by atoms with E-state index in [9.17, 15) is 13.2 Å². The standard InChI is InChI=1S/C10H21N3O4S/c1-7(2)17-10(14)13-18(15,16)12-9-4-5-11-8(3)6-9/h7-9,11-12H,4-6H2,1-3H3,(H,13,14). The van der Waals surface area contributed by atoms with Gasteiger partial charge in [0.15, 0.2) is 0 Å². The Bertz CT molecular complexity index is 383. The lowest BCUT2D eigenvalue weighted by Gasteiger charge is -2.28. The number of carbonyl (C=O) groups excluding carboxylic acids is 1. The molecule has 106 valence electrons. The molecule has 1 heterocycles. The fourth-order valence-corrected chi connectivity index (χ4v) is 2.82. The summed E-state index contributed by atoms with van der Waals surface area (Å²) in [6.45, 7) is 6.04. The fourth-order valence-electron chi connectivity index (χ4n) is 1.84. The molecule has 8 heteroatoms. The molecule has 18 heavy (non-hydrogen) atoms. The maximum absolute atomic E-state index is 11.7. The molecule has 0 aromatic heterocycles. The lowest BCUT2D eigenvalue weighted by Crippen LogP contribution is -2.50. The van der Waals surface area contributed by atoms with Gasteiger partial charge in [-0.05, 0) is 40.2 Å². The van der Waals surface area contributed by atoms with Crippen molar-refractivity contribution in [1.29, 1.82) is 0 Å². The van der Waals surface area contributed by atoms with Crippen molar-refractivity contribution >= 4 is 16.3 Å². The molecule has 0 aromatic rings. The SMILES string of the molecule is CC1CC(NS(=O)(=O)NC(=O)OC(C)C)CCN1. The zero-order valence-electron chi connectivity index (χ0n) is 10.9. The van der Waals surface area contributed by atoms with E-state index in [2.05, 4.69) is 10.0 Å². The van der Waals surface area contributed by atoms with Gasteiger partial charge in [-0.2, -0.15) is 13.1 Å². The van der Waals surface area contributed by atoms with Gasteiger partial charge >= 0.3 is 16.3 Å². The summed E-state index contributed by atoms with van der Waals surface area (Å²) >= 11 is 0. The molecule has 0 aromatic carbocycles. The molecule has 0 saturated carbocycles. The summed E-state index contributed by atoms with van der Waals surface area (Å²) in [6, 6.07) is 0.0969. The number of nitrogens with one attached hydrogen (secondary N) is 3. The van der Waals surface area contributed by atoms with Crippen molar-refractivity contribution in [3.63, 3.8) is 0 Å². The van der Waals surface area contributed by atoms with E-state index in [1.165, 1.54) is 0 Å². The monoisotopic (exact) mass is 279 g/mol. The molecule has 2 atom stereocenters. The molecule has 0 bridgehead atoms. The van der Waals surface area contributed by atoms with Gasteiger partial charge < -0.3 is 10.1 Å². The Morgan fingerprint density at radius 1 is 1.44 bits per heavy atom. The molecule has 2 unspecified atom stereocenters. The number of piperidine rings is 1. The third kappa shape index (κ3) is 5.65. The zero-order valence-corrected chi connectivity index (χ0v) is 11.7. The normalized spacial score (nSPS) is 24.9. The van der Waals surface area contributed by atoms with Gasteiger partial charge in [-0.15, -0.1) is 0 Å². The van der Waals surface area contributed by atoms with Crippen molar-refractivity contribution in [3.05, 3.63) is 0 Å². The Morgan fingerprint density at radius 2 is 2.11 bits per heavy atom. The lowest BCUT2D eigenvalue weighted by molar-refractivity contribution is 0.121. The third-order valence-electron chi connectivity index (χ3n) is 2.51. The predicted molar refractivity (Wildman–Crippen MR) is 67.3 cm³/mol. The largest absolute Gasteiger partial charge is 0.446 e. The first-order valence-corrected chi connectivity index (χ1v) is 7.51. The van der Waals surface area contributed by atoms with Crippen molar-refractivity contribution in [1.82, 2.24) is 14.8 Å². The number of amides is 1. The van der Waals surface area contributed by atoms with Crippen LogP contribution in [0.5, 0.6) is 0 Å². The van der Waals surface area contributed by atoms with Gasteiger partial charge in [0.25, 0.3) is 0 Å². The quantitative estimate of drug-likeness (QED) is 0.678. The van der Waals surface area contributed by atoms with Crippen molar-refractivity contribution in [2.45, 2.75) is 51.8 Å². The van der Waals surface area contributed by atoms with E-state index in [4.69, 9.17) is 4.74 Å². The molecule has 3 N–H and O–H groups in total. The van der Waals surface area contributed by atoms with Gasteiger partial charge in [0.2, 0.25) is 0 Å². The molecule has 1 saturated heterocycles. The van der Waals surface area contributed by atoms with Crippen molar-refractivity contribution in [3.8, 4) is 0 Å². The summed E-state index contributed by atoms with van der Waals surface area (Å²) in [5, 5.41) is 3.22. The summed E-state index contributed by atoms with van der Waals surface area (Å²) in [5.74, 6) is 0. The highest BCUT2D eigenvalue weighted by molar-refractivity contribution is 7.88. The minimum absolute atomic E-state index is 0.161. The van der Waals surface area contributed by atoms with Gasteiger partial charge in [0, 0.05) is 12.1 Å². The van der Waals surface area contributed by atoms with Gasteiger partial charge in [0.05, 0.1) is 6.10 Å². The highest BCUT2D eigenvalue weighted by atomic mass is 32.2. The van der Waals surface area contributed by atoms with Crippen LogP contribution < -0.4 is 14.8 Å². The van der Waals surface area contributed by atoms with E-state index in [1.807, 2.05) is 11.6 Å². The number of rotatable bonds is 4. The Morgan fingerprint density at radius 3 is 2.67 bits per heavy atom. The molecule has 0 aliphatic carbocycles. The smallest absolute Gasteiger partial charge is 0.422 e. The average Bonchev–Trinajstić information content (AvgIpc) is 2.13. The van der Waals surface area contributed by atoms with E-state index < -0.39 is 16.3 Å². The van der Waals surface area contributed by atoms with Crippen LogP contribution in [0.4, 0.5) is 4.79 Å². The summed E-state index contributed by atoms with van der Waals surface area (Å²) in [5.41, 5.74) is 0. The first-order valence-electron chi connectivity index (χ1n) is 6.02.